The molecule has 1 aromatic heterocycles. The molecular formula is C16H13F3N2O3S2. The first-order chi connectivity index (χ1) is 12.4. The maximum Gasteiger partial charge on any atom is 0.301 e. The van der Waals surface area contributed by atoms with E-state index in [0.717, 1.165) is 16.9 Å². The minimum Gasteiger partial charge on any atom is -0.387 e. The number of halogens is 3. The number of benzene rings is 1. The highest BCUT2D eigenvalue weighted by Crippen LogP contribution is 2.32. The van der Waals surface area contributed by atoms with Crippen molar-refractivity contribution in [2.45, 2.75) is 23.3 Å². The summed E-state index contributed by atoms with van der Waals surface area (Å²) in [7, 11) is -3.96. The van der Waals surface area contributed by atoms with Crippen molar-refractivity contribution in [2.75, 3.05) is 5.75 Å². The molecule has 0 radical (unpaired) electrons. The Morgan fingerprint density at radius 3 is 2.65 bits per heavy atom. The lowest BCUT2D eigenvalue weighted by molar-refractivity contribution is 0.0857. The third kappa shape index (κ3) is 4.13. The predicted molar refractivity (Wildman–Crippen MR) is 90.6 cm³/mol. The molecule has 0 saturated carbocycles. The van der Waals surface area contributed by atoms with E-state index in [4.69, 9.17) is 4.84 Å². The summed E-state index contributed by atoms with van der Waals surface area (Å²) in [6.45, 7) is 0. The van der Waals surface area contributed by atoms with Gasteiger partial charge in [-0.15, -0.1) is 11.3 Å². The Bertz CT molecular complexity index is 952. The summed E-state index contributed by atoms with van der Waals surface area (Å²) >= 11 is 0.859. The van der Waals surface area contributed by atoms with E-state index < -0.39 is 33.9 Å². The molecule has 1 aliphatic rings. The molecule has 0 saturated heterocycles. The number of hydrogen-bond acceptors (Lipinski definition) is 6. The fraction of sp³-hybridized carbons (Fsp3) is 0.250. The van der Waals surface area contributed by atoms with E-state index in [1.807, 2.05) is 30.3 Å². The number of hydrogen-bond donors (Lipinski definition) is 0. The van der Waals surface area contributed by atoms with Crippen molar-refractivity contribution in [1.82, 2.24) is 4.98 Å². The van der Waals surface area contributed by atoms with Gasteiger partial charge in [0.15, 0.2) is 11.9 Å². The smallest absolute Gasteiger partial charge is 0.301 e. The zero-order valence-corrected chi connectivity index (χ0v) is 14.9. The minimum absolute atomic E-state index is 0.259. The van der Waals surface area contributed by atoms with Crippen LogP contribution < -0.4 is 0 Å². The van der Waals surface area contributed by atoms with Gasteiger partial charge in [-0.1, -0.05) is 35.5 Å². The molecule has 10 heteroatoms. The standard InChI is InChI=1S/C16H13F3N2O3S2/c17-11(15(18)19)6-7-26(22,23)16-20-9-14(25-16)12-8-13(24-21-12)10-4-2-1-3-5-10/h1-5,9,13H,6-8H2. The first kappa shape index (κ1) is 18.6. The molecular weight excluding hydrogens is 389 g/mol. The molecule has 1 unspecified atom stereocenters. The van der Waals surface area contributed by atoms with Gasteiger partial charge in [-0.3, -0.25) is 0 Å². The zero-order chi connectivity index (χ0) is 18.7. The number of rotatable bonds is 6. The molecule has 2 aromatic rings. The first-order valence-electron chi connectivity index (χ1n) is 7.53. The van der Waals surface area contributed by atoms with Gasteiger partial charge in [0.2, 0.25) is 14.2 Å². The Morgan fingerprint density at radius 1 is 1.23 bits per heavy atom. The molecule has 0 N–H and O–H groups in total. The Balaban J connectivity index is 1.69. The van der Waals surface area contributed by atoms with Crippen LogP contribution in [-0.4, -0.2) is 24.9 Å². The van der Waals surface area contributed by atoms with Crippen LogP contribution in [0.2, 0.25) is 0 Å². The lowest BCUT2D eigenvalue weighted by Gasteiger charge is -2.06. The molecule has 0 fully saturated rings. The summed E-state index contributed by atoms with van der Waals surface area (Å²) in [6.07, 6.45) is -1.87. The van der Waals surface area contributed by atoms with Crippen LogP contribution in [0.3, 0.4) is 0 Å². The van der Waals surface area contributed by atoms with Crippen LogP contribution in [0, 0.1) is 0 Å². The summed E-state index contributed by atoms with van der Waals surface area (Å²) in [5.41, 5.74) is 1.50. The lowest BCUT2D eigenvalue weighted by Crippen LogP contribution is -2.06. The van der Waals surface area contributed by atoms with E-state index in [-0.39, 0.29) is 10.4 Å². The van der Waals surface area contributed by atoms with Gasteiger partial charge < -0.3 is 4.84 Å². The number of aromatic nitrogens is 1. The molecule has 1 aliphatic heterocycles. The molecule has 0 spiro atoms. The van der Waals surface area contributed by atoms with Gasteiger partial charge in [0.25, 0.3) is 0 Å². The molecule has 0 bridgehead atoms. The second-order valence-corrected chi connectivity index (χ2v) is 8.78. The van der Waals surface area contributed by atoms with Crippen LogP contribution in [0.25, 0.3) is 0 Å². The van der Waals surface area contributed by atoms with Crippen molar-refractivity contribution < 1.29 is 26.4 Å². The molecule has 2 heterocycles. The van der Waals surface area contributed by atoms with E-state index >= 15 is 0 Å². The molecule has 1 atom stereocenters. The van der Waals surface area contributed by atoms with Crippen LogP contribution >= 0.6 is 11.3 Å². The number of nitrogens with zero attached hydrogens (tertiary/aromatic N) is 2. The van der Waals surface area contributed by atoms with Crippen molar-refractivity contribution in [3.63, 3.8) is 0 Å². The Labute approximate surface area is 151 Å². The van der Waals surface area contributed by atoms with Crippen molar-refractivity contribution in [2.24, 2.45) is 5.16 Å². The summed E-state index contributed by atoms with van der Waals surface area (Å²) in [5.74, 6) is -2.51. The summed E-state index contributed by atoms with van der Waals surface area (Å²) in [5, 5.41) is 3.98. The predicted octanol–water partition coefficient (Wildman–Crippen LogP) is 4.25. The third-order valence-electron chi connectivity index (χ3n) is 3.67. The number of oxime groups is 1. The van der Waals surface area contributed by atoms with Crippen molar-refractivity contribution >= 4 is 26.9 Å². The summed E-state index contributed by atoms with van der Waals surface area (Å²) in [6, 6.07) is 9.44. The lowest BCUT2D eigenvalue weighted by atomic mass is 10.0. The van der Waals surface area contributed by atoms with Gasteiger partial charge >= 0.3 is 6.08 Å². The highest BCUT2D eigenvalue weighted by atomic mass is 32.2. The molecule has 0 aliphatic carbocycles. The highest BCUT2D eigenvalue weighted by Gasteiger charge is 2.27. The van der Waals surface area contributed by atoms with Gasteiger partial charge in [0.1, 0.15) is 5.71 Å². The normalized spacial score (nSPS) is 16.9. The van der Waals surface area contributed by atoms with Gasteiger partial charge in [-0.25, -0.2) is 17.8 Å². The molecule has 1 aromatic carbocycles. The molecule has 3 rings (SSSR count). The van der Waals surface area contributed by atoms with E-state index in [0.29, 0.717) is 17.0 Å². The van der Waals surface area contributed by atoms with Crippen molar-refractivity contribution in [3.05, 3.63) is 58.9 Å². The fourth-order valence-corrected chi connectivity index (χ4v) is 4.81. The minimum atomic E-state index is -3.96. The number of sulfone groups is 1. The maximum atomic E-state index is 12.8. The van der Waals surface area contributed by atoms with Crippen LogP contribution in [-0.2, 0) is 14.7 Å². The monoisotopic (exact) mass is 402 g/mol. The Hall–Kier alpha value is -2.20. The SMILES string of the molecule is O=S(=O)(CCC(F)=C(F)F)c1ncc(C2=NOC(c3ccccc3)C2)s1. The Morgan fingerprint density at radius 2 is 1.96 bits per heavy atom. The number of allylic oxidation sites excluding steroid dienone is 1. The average molecular weight is 402 g/mol. The first-order valence-corrected chi connectivity index (χ1v) is 10.00. The van der Waals surface area contributed by atoms with Crippen LogP contribution in [0.15, 0.2) is 57.9 Å². The van der Waals surface area contributed by atoms with Crippen molar-refractivity contribution in [3.8, 4) is 0 Å². The summed E-state index contributed by atoms with van der Waals surface area (Å²) < 4.78 is 60.9. The van der Waals surface area contributed by atoms with Crippen molar-refractivity contribution in [1.29, 1.82) is 0 Å². The maximum absolute atomic E-state index is 12.8. The molecule has 26 heavy (non-hydrogen) atoms. The average Bonchev–Trinajstić information content (AvgIpc) is 3.29. The van der Waals surface area contributed by atoms with Gasteiger partial charge in [-0.2, -0.15) is 8.78 Å². The van der Waals surface area contributed by atoms with Gasteiger partial charge in [0.05, 0.1) is 10.6 Å². The van der Waals surface area contributed by atoms with Gasteiger partial charge in [-0.05, 0) is 5.56 Å². The molecule has 138 valence electrons. The van der Waals surface area contributed by atoms with Crippen LogP contribution in [0.1, 0.15) is 29.4 Å². The summed E-state index contributed by atoms with van der Waals surface area (Å²) in [4.78, 5) is 9.71. The Kier molecular flexibility index (Phi) is 5.42. The van der Waals surface area contributed by atoms with Crippen LogP contribution in [0.4, 0.5) is 13.2 Å². The van der Waals surface area contributed by atoms with E-state index in [1.54, 1.807) is 0 Å². The van der Waals surface area contributed by atoms with Gasteiger partial charge in [0, 0.05) is 19.0 Å². The second-order valence-electron chi connectivity index (χ2n) is 5.47. The zero-order valence-electron chi connectivity index (χ0n) is 13.2. The molecule has 0 amide bonds. The van der Waals surface area contributed by atoms with E-state index in [1.165, 1.54) is 6.20 Å². The van der Waals surface area contributed by atoms with E-state index in [2.05, 4.69) is 10.1 Å². The molecule has 5 nitrogen and oxygen atoms in total. The topological polar surface area (TPSA) is 68.6 Å². The van der Waals surface area contributed by atoms with E-state index in [9.17, 15) is 21.6 Å². The number of thiazole rings is 1. The largest absolute Gasteiger partial charge is 0.387 e. The quantitative estimate of drug-likeness (QED) is 0.724. The second kappa shape index (κ2) is 7.58. The fourth-order valence-electron chi connectivity index (χ4n) is 2.31. The van der Waals surface area contributed by atoms with Crippen LogP contribution in [0.5, 0.6) is 0 Å². The third-order valence-corrected chi connectivity index (χ3v) is 6.90. The highest BCUT2D eigenvalue weighted by molar-refractivity contribution is 7.93.